The highest BCUT2D eigenvalue weighted by Gasteiger charge is 2.30. The number of ether oxygens (including phenoxy) is 1. The first-order chi connectivity index (χ1) is 12.8. The standard InChI is InChI=1S/C19H16F3NO4/c20-19(21,22)14-6-8-15(9-7-14)23-17(25)12-27-18(26)11-10-16(24)13-4-2-1-3-5-13/h1-9H,10-12H2,(H,23,25). The Hall–Kier alpha value is -3.16. The SMILES string of the molecule is O=C(COC(=O)CCC(=O)c1ccccc1)Nc1ccc(C(F)(F)F)cc1. The molecular formula is C19H16F3NO4. The molecule has 2 aromatic rings. The molecule has 0 bridgehead atoms. The van der Waals surface area contributed by atoms with Crippen LogP contribution in [0.25, 0.3) is 0 Å². The van der Waals surface area contributed by atoms with Crippen molar-refractivity contribution in [2.24, 2.45) is 0 Å². The van der Waals surface area contributed by atoms with Crippen LogP contribution in [0.15, 0.2) is 54.6 Å². The highest BCUT2D eigenvalue weighted by Crippen LogP contribution is 2.29. The van der Waals surface area contributed by atoms with Crippen molar-refractivity contribution in [1.29, 1.82) is 0 Å². The van der Waals surface area contributed by atoms with Crippen LogP contribution in [0, 0.1) is 0 Å². The number of esters is 1. The van der Waals surface area contributed by atoms with E-state index in [9.17, 15) is 27.6 Å². The van der Waals surface area contributed by atoms with E-state index in [1.165, 1.54) is 0 Å². The molecule has 0 saturated heterocycles. The summed E-state index contributed by atoms with van der Waals surface area (Å²) < 4.78 is 42.1. The molecule has 0 saturated carbocycles. The van der Waals surface area contributed by atoms with Gasteiger partial charge in [-0.3, -0.25) is 14.4 Å². The number of rotatable bonds is 7. The monoisotopic (exact) mass is 379 g/mol. The summed E-state index contributed by atoms with van der Waals surface area (Å²) in [7, 11) is 0. The molecule has 2 aromatic carbocycles. The summed E-state index contributed by atoms with van der Waals surface area (Å²) in [5, 5.41) is 2.32. The maximum atomic E-state index is 12.5. The van der Waals surface area contributed by atoms with Crippen LogP contribution < -0.4 is 5.32 Å². The molecule has 0 unspecified atom stereocenters. The minimum absolute atomic E-state index is 0.0522. The van der Waals surface area contributed by atoms with Crippen molar-refractivity contribution in [2.45, 2.75) is 19.0 Å². The summed E-state index contributed by atoms with van der Waals surface area (Å²) in [6.07, 6.45) is -4.69. The molecule has 0 fully saturated rings. The van der Waals surface area contributed by atoms with Gasteiger partial charge in [-0.05, 0) is 24.3 Å². The number of hydrogen-bond acceptors (Lipinski definition) is 4. The summed E-state index contributed by atoms with van der Waals surface area (Å²) in [5.74, 6) is -1.64. The van der Waals surface area contributed by atoms with Gasteiger partial charge in [-0.2, -0.15) is 13.2 Å². The van der Waals surface area contributed by atoms with Gasteiger partial charge in [-0.25, -0.2) is 0 Å². The second kappa shape index (κ2) is 8.98. The fourth-order valence-electron chi connectivity index (χ4n) is 2.14. The molecule has 142 valence electrons. The minimum Gasteiger partial charge on any atom is -0.456 e. The normalized spacial score (nSPS) is 10.9. The van der Waals surface area contributed by atoms with E-state index in [0.717, 1.165) is 24.3 Å². The maximum Gasteiger partial charge on any atom is 0.416 e. The Kier molecular flexibility index (Phi) is 6.70. The smallest absolute Gasteiger partial charge is 0.416 e. The average molecular weight is 379 g/mol. The first-order valence-electron chi connectivity index (χ1n) is 7.96. The number of carbonyl (C=O) groups is 3. The Bertz CT molecular complexity index is 802. The van der Waals surface area contributed by atoms with Gasteiger partial charge in [0, 0.05) is 17.7 Å². The van der Waals surface area contributed by atoms with Crippen LogP contribution in [-0.4, -0.2) is 24.3 Å². The van der Waals surface area contributed by atoms with Crippen molar-refractivity contribution in [1.82, 2.24) is 0 Å². The summed E-state index contributed by atoms with van der Waals surface area (Å²) >= 11 is 0. The Morgan fingerprint density at radius 1 is 0.889 bits per heavy atom. The van der Waals surface area contributed by atoms with Gasteiger partial charge in [0.05, 0.1) is 12.0 Å². The number of ketones is 1. The van der Waals surface area contributed by atoms with Crippen LogP contribution in [0.2, 0.25) is 0 Å². The molecular weight excluding hydrogens is 363 g/mol. The van der Waals surface area contributed by atoms with Gasteiger partial charge in [-0.15, -0.1) is 0 Å². The van der Waals surface area contributed by atoms with Gasteiger partial charge in [-0.1, -0.05) is 30.3 Å². The predicted octanol–water partition coefficient (Wildman–Crippen LogP) is 3.85. The van der Waals surface area contributed by atoms with Crippen LogP contribution >= 0.6 is 0 Å². The van der Waals surface area contributed by atoms with Gasteiger partial charge in [0.1, 0.15) is 0 Å². The highest BCUT2D eigenvalue weighted by atomic mass is 19.4. The van der Waals surface area contributed by atoms with E-state index in [0.29, 0.717) is 5.56 Å². The minimum atomic E-state index is -4.46. The molecule has 1 amide bonds. The lowest BCUT2D eigenvalue weighted by Gasteiger charge is -2.09. The van der Waals surface area contributed by atoms with Crippen molar-refractivity contribution < 1.29 is 32.3 Å². The van der Waals surface area contributed by atoms with Gasteiger partial charge < -0.3 is 10.1 Å². The third-order valence-electron chi connectivity index (χ3n) is 3.51. The number of Topliss-reactive ketones (excluding diaryl/α,β-unsaturated/α-hetero) is 1. The number of alkyl halides is 3. The van der Waals surface area contributed by atoms with Crippen molar-refractivity contribution in [3.63, 3.8) is 0 Å². The highest BCUT2D eigenvalue weighted by molar-refractivity contribution is 5.97. The fourth-order valence-corrected chi connectivity index (χ4v) is 2.14. The number of hydrogen-bond donors (Lipinski definition) is 1. The van der Waals surface area contributed by atoms with E-state index in [1.807, 2.05) is 0 Å². The molecule has 0 aliphatic rings. The Morgan fingerprint density at radius 2 is 1.52 bits per heavy atom. The maximum absolute atomic E-state index is 12.5. The number of amides is 1. The molecule has 0 radical (unpaired) electrons. The summed E-state index contributed by atoms with van der Waals surface area (Å²) in [6.45, 7) is -0.598. The second-order valence-electron chi connectivity index (χ2n) is 5.57. The van der Waals surface area contributed by atoms with Crippen LogP contribution in [0.4, 0.5) is 18.9 Å². The van der Waals surface area contributed by atoms with Crippen molar-refractivity contribution in [3.8, 4) is 0 Å². The third kappa shape index (κ3) is 6.58. The zero-order valence-electron chi connectivity index (χ0n) is 14.1. The van der Waals surface area contributed by atoms with E-state index in [1.54, 1.807) is 30.3 Å². The van der Waals surface area contributed by atoms with Gasteiger partial charge in [0.25, 0.3) is 5.91 Å². The topological polar surface area (TPSA) is 72.5 Å². The molecule has 0 heterocycles. The van der Waals surface area contributed by atoms with Crippen molar-refractivity contribution >= 4 is 23.3 Å². The van der Waals surface area contributed by atoms with Crippen LogP contribution in [0.1, 0.15) is 28.8 Å². The molecule has 0 atom stereocenters. The number of benzene rings is 2. The zero-order valence-corrected chi connectivity index (χ0v) is 14.1. The van der Waals surface area contributed by atoms with Gasteiger partial charge >= 0.3 is 12.1 Å². The molecule has 0 aliphatic carbocycles. The summed E-state index contributed by atoms with van der Waals surface area (Å²) in [4.78, 5) is 35.2. The molecule has 5 nitrogen and oxygen atoms in total. The number of carbonyl (C=O) groups excluding carboxylic acids is 3. The lowest BCUT2D eigenvalue weighted by molar-refractivity contribution is -0.147. The molecule has 0 aliphatic heterocycles. The quantitative estimate of drug-likeness (QED) is 0.586. The molecule has 0 aromatic heterocycles. The second-order valence-corrected chi connectivity index (χ2v) is 5.57. The fraction of sp³-hybridized carbons (Fsp3) is 0.211. The molecule has 1 N–H and O–H groups in total. The molecule has 27 heavy (non-hydrogen) atoms. The molecule has 8 heteroatoms. The van der Waals surface area contributed by atoms with E-state index in [4.69, 9.17) is 4.74 Å². The lowest BCUT2D eigenvalue weighted by atomic mass is 10.1. The van der Waals surface area contributed by atoms with Crippen molar-refractivity contribution in [3.05, 3.63) is 65.7 Å². The Morgan fingerprint density at radius 3 is 2.11 bits per heavy atom. The number of anilines is 1. The first kappa shape index (κ1) is 20.2. The number of nitrogens with one attached hydrogen (secondary N) is 1. The van der Waals surface area contributed by atoms with Crippen LogP contribution in [0.5, 0.6) is 0 Å². The van der Waals surface area contributed by atoms with E-state index in [-0.39, 0.29) is 24.3 Å². The van der Waals surface area contributed by atoms with Crippen molar-refractivity contribution in [2.75, 3.05) is 11.9 Å². The lowest BCUT2D eigenvalue weighted by Crippen LogP contribution is -2.21. The first-order valence-corrected chi connectivity index (χ1v) is 7.96. The predicted molar refractivity (Wildman–Crippen MR) is 91.0 cm³/mol. The van der Waals surface area contributed by atoms with Gasteiger partial charge in [0.15, 0.2) is 12.4 Å². The number of halogens is 3. The Balaban J connectivity index is 1.73. The summed E-state index contributed by atoms with van der Waals surface area (Å²) in [5.41, 5.74) is -0.219. The Labute approximate surface area is 153 Å². The zero-order chi connectivity index (χ0) is 19.9. The van der Waals surface area contributed by atoms with E-state index in [2.05, 4.69) is 5.32 Å². The van der Waals surface area contributed by atoms with E-state index < -0.39 is 30.2 Å². The van der Waals surface area contributed by atoms with Gasteiger partial charge in [0.2, 0.25) is 0 Å². The van der Waals surface area contributed by atoms with Crippen LogP contribution in [0.3, 0.4) is 0 Å². The summed E-state index contributed by atoms with van der Waals surface area (Å²) in [6, 6.07) is 12.3. The largest absolute Gasteiger partial charge is 0.456 e. The van der Waals surface area contributed by atoms with Crippen LogP contribution in [-0.2, 0) is 20.5 Å². The third-order valence-corrected chi connectivity index (χ3v) is 3.51. The molecule has 2 rings (SSSR count). The van der Waals surface area contributed by atoms with E-state index >= 15 is 0 Å². The average Bonchev–Trinajstić information content (AvgIpc) is 2.65. The molecule has 0 spiro atoms.